The SMILES string of the molecule is CCOC(=O)c1c(NC(=O)[C@H](C)n2nc(C)c([N+](=O)[O-])c2C)sc(C(C)=O)c1C. The molecule has 0 aromatic carbocycles. The quantitative estimate of drug-likeness (QED) is 0.313. The molecule has 0 saturated heterocycles. The van der Waals surface area contributed by atoms with Gasteiger partial charge in [-0.15, -0.1) is 11.3 Å². The van der Waals surface area contributed by atoms with Gasteiger partial charge in [0.2, 0.25) is 5.91 Å². The third-order valence-corrected chi connectivity index (χ3v) is 5.71. The number of hydrogen-bond acceptors (Lipinski definition) is 8. The summed E-state index contributed by atoms with van der Waals surface area (Å²) in [7, 11) is 0. The molecule has 0 saturated carbocycles. The van der Waals surface area contributed by atoms with Gasteiger partial charge in [-0.05, 0) is 47.1 Å². The van der Waals surface area contributed by atoms with Crippen LogP contribution >= 0.6 is 11.3 Å². The molecule has 0 fully saturated rings. The van der Waals surface area contributed by atoms with E-state index in [2.05, 4.69) is 10.4 Å². The highest BCUT2D eigenvalue weighted by Crippen LogP contribution is 2.35. The normalized spacial score (nSPS) is 11.8. The fourth-order valence-electron chi connectivity index (χ4n) is 3.01. The van der Waals surface area contributed by atoms with Crippen LogP contribution < -0.4 is 5.32 Å². The smallest absolute Gasteiger partial charge is 0.341 e. The van der Waals surface area contributed by atoms with Crippen LogP contribution in [0.1, 0.15) is 63.8 Å². The van der Waals surface area contributed by atoms with E-state index in [4.69, 9.17) is 4.74 Å². The number of esters is 1. The van der Waals surface area contributed by atoms with Gasteiger partial charge in [-0.25, -0.2) is 4.79 Å². The van der Waals surface area contributed by atoms with Crippen molar-refractivity contribution in [3.8, 4) is 0 Å². The van der Waals surface area contributed by atoms with E-state index in [-0.39, 0.29) is 40.0 Å². The summed E-state index contributed by atoms with van der Waals surface area (Å²) in [5.74, 6) is -1.41. The minimum Gasteiger partial charge on any atom is -0.462 e. The van der Waals surface area contributed by atoms with Crippen molar-refractivity contribution in [3.05, 3.63) is 37.5 Å². The molecule has 0 aliphatic carbocycles. The fraction of sp³-hybridized carbons (Fsp3) is 0.444. The van der Waals surface area contributed by atoms with Crippen LogP contribution in [0.3, 0.4) is 0 Å². The van der Waals surface area contributed by atoms with Crippen LogP contribution in [0.2, 0.25) is 0 Å². The minimum absolute atomic E-state index is 0.127. The Balaban J connectivity index is 2.41. The van der Waals surface area contributed by atoms with Gasteiger partial charge in [0.05, 0.1) is 22.0 Å². The van der Waals surface area contributed by atoms with Crippen LogP contribution in [-0.4, -0.2) is 39.0 Å². The van der Waals surface area contributed by atoms with Crippen LogP contribution in [0.25, 0.3) is 0 Å². The van der Waals surface area contributed by atoms with Crippen molar-refractivity contribution in [1.29, 1.82) is 0 Å². The number of Topliss-reactive ketones (excluding diaryl/α,β-unsaturated/α-hetero) is 1. The number of carbonyl (C=O) groups excluding carboxylic acids is 3. The van der Waals surface area contributed by atoms with Crippen molar-refractivity contribution in [2.75, 3.05) is 11.9 Å². The first kappa shape index (κ1) is 22.2. The Labute approximate surface area is 171 Å². The lowest BCUT2D eigenvalue weighted by molar-refractivity contribution is -0.386. The highest BCUT2D eigenvalue weighted by atomic mass is 32.1. The molecule has 10 nitrogen and oxygen atoms in total. The first-order chi connectivity index (χ1) is 13.5. The van der Waals surface area contributed by atoms with Crippen molar-refractivity contribution in [2.24, 2.45) is 0 Å². The molecule has 2 rings (SSSR count). The summed E-state index contributed by atoms with van der Waals surface area (Å²) in [6.07, 6.45) is 0. The van der Waals surface area contributed by atoms with Crippen LogP contribution in [0.5, 0.6) is 0 Å². The first-order valence-corrected chi connectivity index (χ1v) is 9.65. The second-order valence-corrected chi connectivity index (χ2v) is 7.44. The third-order valence-electron chi connectivity index (χ3n) is 4.40. The predicted molar refractivity (Wildman–Crippen MR) is 107 cm³/mol. The third kappa shape index (κ3) is 4.19. The highest BCUT2D eigenvalue weighted by molar-refractivity contribution is 7.18. The maximum atomic E-state index is 12.8. The summed E-state index contributed by atoms with van der Waals surface area (Å²) in [4.78, 5) is 48.0. The van der Waals surface area contributed by atoms with Gasteiger partial charge in [0.1, 0.15) is 22.4 Å². The molecule has 0 unspecified atom stereocenters. The number of nitro groups is 1. The summed E-state index contributed by atoms with van der Waals surface area (Å²) >= 11 is 0.987. The summed E-state index contributed by atoms with van der Waals surface area (Å²) < 4.78 is 6.31. The Morgan fingerprint density at radius 1 is 1.31 bits per heavy atom. The van der Waals surface area contributed by atoms with Crippen LogP contribution in [0, 0.1) is 30.9 Å². The molecule has 0 radical (unpaired) electrons. The predicted octanol–water partition coefficient (Wildman–Crippen LogP) is 3.36. The van der Waals surface area contributed by atoms with E-state index in [1.165, 1.54) is 32.4 Å². The first-order valence-electron chi connectivity index (χ1n) is 8.83. The van der Waals surface area contributed by atoms with E-state index in [1.807, 2.05) is 0 Å². The summed E-state index contributed by atoms with van der Waals surface area (Å²) in [5.41, 5.74) is 0.855. The van der Waals surface area contributed by atoms with Gasteiger partial charge in [-0.3, -0.25) is 24.4 Å². The number of thiophene rings is 1. The van der Waals surface area contributed by atoms with E-state index in [0.717, 1.165) is 11.3 Å². The molecule has 29 heavy (non-hydrogen) atoms. The fourth-order valence-corrected chi connectivity index (χ4v) is 4.10. The van der Waals surface area contributed by atoms with Crippen LogP contribution in [0.4, 0.5) is 10.7 Å². The molecule has 0 bridgehead atoms. The number of nitrogens with zero attached hydrogens (tertiary/aromatic N) is 3. The summed E-state index contributed by atoms with van der Waals surface area (Å²) in [6.45, 7) is 9.32. The molecule has 1 atom stereocenters. The molecule has 0 spiro atoms. The monoisotopic (exact) mass is 422 g/mol. The molecule has 156 valence electrons. The summed E-state index contributed by atoms with van der Waals surface area (Å²) in [5, 5.41) is 18.1. The standard InChI is InChI=1S/C18H22N4O6S/c1-7-28-18(25)13-8(2)15(12(6)23)29-17(13)19-16(24)11(5)21-10(4)14(22(26)27)9(3)20-21/h11H,7H2,1-6H3,(H,19,24)/t11-/m0/s1. The number of ether oxygens (including phenoxy) is 1. The van der Waals surface area contributed by atoms with Crippen molar-refractivity contribution < 1.29 is 24.0 Å². The highest BCUT2D eigenvalue weighted by Gasteiger charge is 2.30. The number of amides is 1. The molecular formula is C18H22N4O6S. The molecular weight excluding hydrogens is 400 g/mol. The van der Waals surface area contributed by atoms with Crippen molar-refractivity contribution in [3.63, 3.8) is 0 Å². The van der Waals surface area contributed by atoms with E-state index >= 15 is 0 Å². The minimum atomic E-state index is -0.888. The van der Waals surface area contributed by atoms with E-state index in [9.17, 15) is 24.5 Å². The van der Waals surface area contributed by atoms with E-state index < -0.39 is 22.8 Å². The van der Waals surface area contributed by atoms with Gasteiger partial charge >= 0.3 is 11.7 Å². The zero-order valence-electron chi connectivity index (χ0n) is 17.0. The number of aryl methyl sites for hydroxylation is 1. The van der Waals surface area contributed by atoms with Gasteiger partial charge in [-0.2, -0.15) is 5.10 Å². The molecule has 1 N–H and O–H groups in total. The Morgan fingerprint density at radius 2 is 1.93 bits per heavy atom. The average molecular weight is 422 g/mol. The molecule has 2 aromatic rings. The summed E-state index contributed by atoms with van der Waals surface area (Å²) in [6, 6.07) is -0.888. The van der Waals surface area contributed by atoms with E-state index in [0.29, 0.717) is 10.4 Å². The Kier molecular flexibility index (Phi) is 6.52. The molecule has 0 aliphatic rings. The molecule has 1 amide bonds. The van der Waals surface area contributed by atoms with Crippen LogP contribution in [0.15, 0.2) is 0 Å². The van der Waals surface area contributed by atoms with Gasteiger partial charge in [0, 0.05) is 0 Å². The van der Waals surface area contributed by atoms with Gasteiger partial charge in [0.25, 0.3) is 0 Å². The van der Waals surface area contributed by atoms with Crippen molar-refractivity contribution in [1.82, 2.24) is 9.78 Å². The van der Waals surface area contributed by atoms with Crippen molar-refractivity contribution >= 4 is 39.7 Å². The number of nitrogens with one attached hydrogen (secondary N) is 1. The number of carbonyl (C=O) groups is 3. The molecule has 2 heterocycles. The zero-order valence-corrected chi connectivity index (χ0v) is 17.8. The lowest BCUT2D eigenvalue weighted by Gasteiger charge is -2.14. The van der Waals surface area contributed by atoms with Crippen molar-refractivity contribution in [2.45, 2.75) is 47.6 Å². The number of rotatable bonds is 7. The number of ketones is 1. The van der Waals surface area contributed by atoms with Gasteiger partial charge < -0.3 is 10.1 Å². The maximum absolute atomic E-state index is 12.8. The van der Waals surface area contributed by atoms with Crippen LogP contribution in [-0.2, 0) is 9.53 Å². The Hall–Kier alpha value is -3.08. The van der Waals surface area contributed by atoms with Gasteiger partial charge in [0.15, 0.2) is 5.78 Å². The molecule has 2 aromatic heterocycles. The lowest BCUT2D eigenvalue weighted by atomic mass is 10.1. The maximum Gasteiger partial charge on any atom is 0.341 e. The lowest BCUT2D eigenvalue weighted by Crippen LogP contribution is -2.25. The van der Waals surface area contributed by atoms with E-state index in [1.54, 1.807) is 13.8 Å². The second-order valence-electron chi connectivity index (χ2n) is 6.42. The number of anilines is 1. The average Bonchev–Trinajstić information content (AvgIpc) is 3.10. The van der Waals surface area contributed by atoms with Gasteiger partial charge in [-0.1, -0.05) is 0 Å². The molecule has 11 heteroatoms. The number of aromatic nitrogens is 2. The second kappa shape index (κ2) is 8.52. The largest absolute Gasteiger partial charge is 0.462 e. The Bertz CT molecular complexity index is 1010. The number of hydrogen-bond donors (Lipinski definition) is 1. The topological polar surface area (TPSA) is 133 Å². The Morgan fingerprint density at radius 3 is 2.41 bits per heavy atom. The molecule has 0 aliphatic heterocycles. The zero-order chi connectivity index (χ0) is 22.0.